The Labute approximate surface area is 160 Å². The van der Waals surface area contributed by atoms with Gasteiger partial charge in [-0.25, -0.2) is 0 Å². The highest BCUT2D eigenvalue weighted by atomic mass is 16.5. The number of likely N-dealkylation sites (N-methyl/N-ethyl adjacent to an activating group) is 1. The number of rotatable bonds is 11. The fourth-order valence-corrected chi connectivity index (χ4v) is 4.11. The molecule has 152 valence electrons. The first kappa shape index (κ1) is 21.5. The molecule has 1 saturated carbocycles. The summed E-state index contributed by atoms with van der Waals surface area (Å²) < 4.78 is 5.55. The van der Waals surface area contributed by atoms with Crippen LogP contribution < -0.4 is 10.6 Å². The average molecular weight is 368 g/mol. The summed E-state index contributed by atoms with van der Waals surface area (Å²) in [6.45, 7) is 14.8. The molecular weight excluding hydrogens is 326 g/mol. The molecule has 0 aromatic heterocycles. The number of hydrogen-bond donors (Lipinski definition) is 2. The van der Waals surface area contributed by atoms with E-state index in [4.69, 9.17) is 4.74 Å². The van der Waals surface area contributed by atoms with E-state index in [2.05, 4.69) is 46.2 Å². The summed E-state index contributed by atoms with van der Waals surface area (Å²) in [5, 5.41) is 7.09. The standard InChI is InChI=1S/C20H41N5O/c1-5-17(6-2)19(25-12-14-26-15-13-25)16-23-20(21-4)22-10-11-24(7-3)18-8-9-18/h17-19H,5-16H2,1-4H3,(H2,21,22,23). The molecule has 2 N–H and O–H groups in total. The maximum Gasteiger partial charge on any atom is 0.191 e. The summed E-state index contributed by atoms with van der Waals surface area (Å²) in [5.74, 6) is 1.64. The molecule has 2 aliphatic rings. The lowest BCUT2D eigenvalue weighted by atomic mass is 9.92. The predicted octanol–water partition coefficient (Wildman–Crippen LogP) is 1.77. The smallest absolute Gasteiger partial charge is 0.191 e. The van der Waals surface area contributed by atoms with Crippen molar-refractivity contribution in [2.24, 2.45) is 10.9 Å². The van der Waals surface area contributed by atoms with E-state index in [1.807, 2.05) is 7.05 Å². The zero-order valence-corrected chi connectivity index (χ0v) is 17.5. The van der Waals surface area contributed by atoms with Gasteiger partial charge in [0, 0.05) is 51.9 Å². The van der Waals surface area contributed by atoms with E-state index in [0.717, 1.165) is 64.5 Å². The number of nitrogens with one attached hydrogen (secondary N) is 2. The molecule has 0 aromatic rings. The van der Waals surface area contributed by atoms with Gasteiger partial charge in [0.05, 0.1) is 13.2 Å². The van der Waals surface area contributed by atoms with Gasteiger partial charge in [-0.05, 0) is 25.3 Å². The van der Waals surface area contributed by atoms with Crippen LogP contribution in [0.5, 0.6) is 0 Å². The Bertz CT molecular complexity index is 403. The molecule has 1 saturated heterocycles. The minimum atomic E-state index is 0.547. The maximum atomic E-state index is 5.55. The van der Waals surface area contributed by atoms with Crippen LogP contribution in [0.4, 0.5) is 0 Å². The molecule has 0 aromatic carbocycles. The minimum absolute atomic E-state index is 0.547. The summed E-state index contributed by atoms with van der Waals surface area (Å²) in [5.41, 5.74) is 0. The number of aliphatic imine (C=N–C) groups is 1. The Morgan fingerprint density at radius 1 is 1.15 bits per heavy atom. The molecule has 1 heterocycles. The van der Waals surface area contributed by atoms with Crippen molar-refractivity contribution >= 4 is 5.96 Å². The van der Waals surface area contributed by atoms with Crippen LogP contribution in [-0.2, 0) is 4.74 Å². The highest BCUT2D eigenvalue weighted by Crippen LogP contribution is 2.25. The highest BCUT2D eigenvalue weighted by Gasteiger charge is 2.28. The molecule has 2 rings (SSSR count). The van der Waals surface area contributed by atoms with Gasteiger partial charge in [-0.15, -0.1) is 0 Å². The third-order valence-corrected chi connectivity index (χ3v) is 5.97. The van der Waals surface area contributed by atoms with Gasteiger partial charge in [-0.2, -0.15) is 0 Å². The van der Waals surface area contributed by atoms with Gasteiger partial charge in [0.2, 0.25) is 0 Å². The van der Waals surface area contributed by atoms with Gasteiger partial charge >= 0.3 is 0 Å². The van der Waals surface area contributed by atoms with Crippen LogP contribution in [0.2, 0.25) is 0 Å². The van der Waals surface area contributed by atoms with Gasteiger partial charge in [-0.1, -0.05) is 33.6 Å². The van der Waals surface area contributed by atoms with Gasteiger partial charge in [0.25, 0.3) is 0 Å². The lowest BCUT2D eigenvalue weighted by molar-refractivity contribution is 0.00272. The molecule has 0 radical (unpaired) electrons. The normalized spacial score (nSPS) is 20.6. The molecule has 0 amide bonds. The summed E-state index contributed by atoms with van der Waals surface area (Å²) in [4.78, 5) is 9.61. The van der Waals surface area contributed by atoms with Crippen LogP contribution in [0.15, 0.2) is 4.99 Å². The van der Waals surface area contributed by atoms with E-state index in [0.29, 0.717) is 12.0 Å². The molecule has 6 heteroatoms. The van der Waals surface area contributed by atoms with E-state index in [1.165, 1.54) is 25.7 Å². The average Bonchev–Trinajstić information content (AvgIpc) is 3.52. The first-order chi connectivity index (χ1) is 12.7. The SMILES string of the molecule is CCC(CC)C(CNC(=NC)NCCN(CC)C1CC1)N1CCOCC1. The maximum absolute atomic E-state index is 5.55. The summed E-state index contributed by atoms with van der Waals surface area (Å²) in [7, 11) is 1.87. The second kappa shape index (κ2) is 11.8. The first-order valence-electron chi connectivity index (χ1n) is 10.7. The van der Waals surface area contributed by atoms with E-state index in [-0.39, 0.29) is 0 Å². The minimum Gasteiger partial charge on any atom is -0.379 e. The summed E-state index contributed by atoms with van der Waals surface area (Å²) in [6.07, 6.45) is 5.19. The molecule has 0 spiro atoms. The second-order valence-corrected chi connectivity index (χ2v) is 7.53. The van der Waals surface area contributed by atoms with Gasteiger partial charge in [0.15, 0.2) is 5.96 Å². The molecule has 1 atom stereocenters. The Morgan fingerprint density at radius 2 is 1.85 bits per heavy atom. The number of ether oxygens (including phenoxy) is 1. The molecule has 2 fully saturated rings. The molecule has 0 bridgehead atoms. The van der Waals surface area contributed by atoms with Crippen molar-refractivity contribution in [1.82, 2.24) is 20.4 Å². The van der Waals surface area contributed by atoms with Crippen molar-refractivity contribution in [2.75, 3.05) is 59.5 Å². The molecule has 1 aliphatic carbocycles. The molecule has 1 aliphatic heterocycles. The Balaban J connectivity index is 1.80. The van der Waals surface area contributed by atoms with Crippen LogP contribution in [0.1, 0.15) is 46.5 Å². The first-order valence-corrected chi connectivity index (χ1v) is 10.7. The quantitative estimate of drug-likeness (QED) is 0.431. The highest BCUT2D eigenvalue weighted by molar-refractivity contribution is 5.79. The number of morpholine rings is 1. The summed E-state index contributed by atoms with van der Waals surface area (Å²) in [6, 6.07) is 1.38. The van der Waals surface area contributed by atoms with Crippen molar-refractivity contribution in [3.8, 4) is 0 Å². The molecule has 26 heavy (non-hydrogen) atoms. The third-order valence-electron chi connectivity index (χ3n) is 5.97. The fourth-order valence-electron chi connectivity index (χ4n) is 4.11. The lowest BCUT2D eigenvalue weighted by Gasteiger charge is -2.39. The van der Waals surface area contributed by atoms with Crippen LogP contribution in [0, 0.1) is 5.92 Å². The Morgan fingerprint density at radius 3 is 2.38 bits per heavy atom. The van der Waals surface area contributed by atoms with Crippen LogP contribution in [0.3, 0.4) is 0 Å². The number of guanidine groups is 1. The Kier molecular flexibility index (Phi) is 9.72. The third kappa shape index (κ3) is 6.71. The monoisotopic (exact) mass is 367 g/mol. The topological polar surface area (TPSA) is 52.1 Å². The zero-order valence-electron chi connectivity index (χ0n) is 17.5. The van der Waals surface area contributed by atoms with Crippen LogP contribution >= 0.6 is 0 Å². The Hall–Kier alpha value is -0.850. The molecular formula is C20H41N5O. The van der Waals surface area contributed by atoms with Crippen LogP contribution in [-0.4, -0.2) is 87.4 Å². The van der Waals surface area contributed by atoms with Crippen molar-refractivity contribution in [1.29, 1.82) is 0 Å². The second-order valence-electron chi connectivity index (χ2n) is 7.53. The molecule has 6 nitrogen and oxygen atoms in total. The van der Waals surface area contributed by atoms with E-state index in [9.17, 15) is 0 Å². The predicted molar refractivity (Wildman–Crippen MR) is 110 cm³/mol. The van der Waals surface area contributed by atoms with Gasteiger partial charge < -0.3 is 15.4 Å². The summed E-state index contributed by atoms with van der Waals surface area (Å²) >= 11 is 0. The van der Waals surface area contributed by atoms with E-state index < -0.39 is 0 Å². The van der Waals surface area contributed by atoms with Crippen LogP contribution in [0.25, 0.3) is 0 Å². The van der Waals surface area contributed by atoms with Gasteiger partial charge in [-0.3, -0.25) is 14.8 Å². The van der Waals surface area contributed by atoms with E-state index >= 15 is 0 Å². The van der Waals surface area contributed by atoms with Crippen molar-refractivity contribution < 1.29 is 4.74 Å². The van der Waals surface area contributed by atoms with Crippen molar-refractivity contribution in [3.63, 3.8) is 0 Å². The van der Waals surface area contributed by atoms with Crippen molar-refractivity contribution in [2.45, 2.75) is 58.5 Å². The number of hydrogen-bond acceptors (Lipinski definition) is 4. The lowest BCUT2D eigenvalue weighted by Crippen LogP contribution is -2.53. The van der Waals surface area contributed by atoms with E-state index in [1.54, 1.807) is 0 Å². The van der Waals surface area contributed by atoms with Gasteiger partial charge in [0.1, 0.15) is 0 Å². The fraction of sp³-hybridized carbons (Fsp3) is 0.950. The molecule has 1 unspecified atom stereocenters. The number of nitrogens with zero attached hydrogens (tertiary/aromatic N) is 3. The largest absolute Gasteiger partial charge is 0.379 e. The van der Waals surface area contributed by atoms with Crippen molar-refractivity contribution in [3.05, 3.63) is 0 Å². The zero-order chi connectivity index (χ0) is 18.8.